The Bertz CT molecular complexity index is 268. The summed E-state index contributed by atoms with van der Waals surface area (Å²) in [4.78, 5) is 11.6. The molecule has 0 aromatic heterocycles. The maximum atomic E-state index is 11.6. The van der Waals surface area contributed by atoms with Gasteiger partial charge in [-0.25, -0.2) is 0 Å². The number of hydrogen-bond acceptors (Lipinski definition) is 2. The highest BCUT2D eigenvalue weighted by molar-refractivity contribution is 5.77. The van der Waals surface area contributed by atoms with Crippen LogP contribution in [0.1, 0.15) is 61.8 Å². The Balaban J connectivity index is 4.33. The first-order valence-electron chi connectivity index (χ1n) is 7.01. The van der Waals surface area contributed by atoms with Gasteiger partial charge in [-0.05, 0) is 25.7 Å². The number of rotatable bonds is 7. The van der Waals surface area contributed by atoms with E-state index in [2.05, 4.69) is 52.2 Å². The van der Waals surface area contributed by atoms with E-state index in [1.165, 1.54) is 0 Å². The van der Waals surface area contributed by atoms with Gasteiger partial charge in [-0.15, -0.1) is 0 Å². The lowest BCUT2D eigenvalue weighted by atomic mass is 9.79. The van der Waals surface area contributed by atoms with Crippen LogP contribution in [0.3, 0.4) is 0 Å². The Morgan fingerprint density at radius 1 is 1.06 bits per heavy atom. The van der Waals surface area contributed by atoms with Crippen LogP contribution in [0, 0.1) is 11.3 Å². The third-order valence-corrected chi connectivity index (χ3v) is 2.87. The maximum Gasteiger partial charge on any atom is 0.222 e. The summed E-state index contributed by atoms with van der Waals surface area (Å²) in [7, 11) is 0. The highest BCUT2D eigenvalue weighted by Crippen LogP contribution is 2.27. The van der Waals surface area contributed by atoms with Crippen molar-refractivity contribution >= 4 is 5.91 Å². The molecule has 0 aliphatic heterocycles. The number of amides is 1. The van der Waals surface area contributed by atoms with Crippen molar-refractivity contribution in [3.8, 4) is 0 Å². The molecule has 0 spiro atoms. The zero-order chi connectivity index (χ0) is 14.6. The largest absolute Gasteiger partial charge is 0.355 e. The van der Waals surface area contributed by atoms with Crippen LogP contribution in [0.4, 0.5) is 0 Å². The summed E-state index contributed by atoms with van der Waals surface area (Å²) in [6.45, 7) is 17.8. The number of hydrogen-bond donors (Lipinski definition) is 2. The summed E-state index contributed by atoms with van der Waals surface area (Å²) in [6.07, 6.45) is 1.02. The van der Waals surface area contributed by atoms with Crippen molar-refractivity contribution in [2.45, 2.75) is 73.4 Å². The van der Waals surface area contributed by atoms with E-state index in [1.807, 2.05) is 13.8 Å². The Hall–Kier alpha value is -0.570. The monoisotopic (exact) mass is 256 g/mol. The molecule has 0 aromatic carbocycles. The van der Waals surface area contributed by atoms with Crippen molar-refractivity contribution in [1.29, 1.82) is 0 Å². The number of nitrogens with one attached hydrogen (secondary N) is 2. The molecule has 3 nitrogen and oxygen atoms in total. The molecule has 3 heteroatoms. The van der Waals surface area contributed by atoms with E-state index in [-0.39, 0.29) is 22.8 Å². The first-order valence-corrected chi connectivity index (χ1v) is 7.01. The summed E-state index contributed by atoms with van der Waals surface area (Å²) in [5.74, 6) is 0.195. The molecule has 0 aliphatic rings. The molecule has 0 bridgehead atoms. The molecule has 2 N–H and O–H groups in total. The third kappa shape index (κ3) is 7.70. The van der Waals surface area contributed by atoms with Crippen molar-refractivity contribution in [3.63, 3.8) is 0 Å². The molecule has 0 aromatic rings. The summed E-state index contributed by atoms with van der Waals surface area (Å²) in [5.41, 5.74) is 0.177. The first kappa shape index (κ1) is 17.4. The van der Waals surface area contributed by atoms with Gasteiger partial charge in [0.15, 0.2) is 0 Å². The zero-order valence-electron chi connectivity index (χ0n) is 13.5. The van der Waals surface area contributed by atoms with E-state index in [9.17, 15) is 4.79 Å². The lowest BCUT2D eigenvalue weighted by molar-refractivity contribution is -0.124. The van der Waals surface area contributed by atoms with E-state index in [0.717, 1.165) is 13.0 Å². The van der Waals surface area contributed by atoms with Crippen LogP contribution in [0.25, 0.3) is 0 Å². The van der Waals surface area contributed by atoms with Crippen molar-refractivity contribution in [1.82, 2.24) is 10.6 Å². The van der Waals surface area contributed by atoms with Crippen LogP contribution in [0.2, 0.25) is 0 Å². The number of carbonyl (C=O) groups is 1. The quantitative estimate of drug-likeness (QED) is 0.735. The Kier molecular flexibility index (Phi) is 6.35. The summed E-state index contributed by atoms with van der Waals surface area (Å²) >= 11 is 0. The first-order chi connectivity index (χ1) is 7.95. The minimum absolute atomic E-state index is 0.0580. The molecule has 0 rings (SSSR count). The number of carbonyl (C=O) groups excluding carboxylic acids is 1. The van der Waals surface area contributed by atoms with Gasteiger partial charge in [0.05, 0.1) is 0 Å². The molecule has 0 saturated heterocycles. The van der Waals surface area contributed by atoms with Gasteiger partial charge in [0.1, 0.15) is 0 Å². The Labute approximate surface area is 113 Å². The lowest BCUT2D eigenvalue weighted by Gasteiger charge is -2.37. The van der Waals surface area contributed by atoms with Crippen LogP contribution >= 0.6 is 0 Å². The van der Waals surface area contributed by atoms with Gasteiger partial charge in [0, 0.05) is 24.0 Å². The van der Waals surface area contributed by atoms with Crippen molar-refractivity contribution in [3.05, 3.63) is 0 Å². The van der Waals surface area contributed by atoms with Gasteiger partial charge in [-0.3, -0.25) is 4.79 Å². The summed E-state index contributed by atoms with van der Waals surface area (Å²) in [6, 6.07) is 0.473. The predicted molar refractivity (Wildman–Crippen MR) is 78.6 cm³/mol. The summed E-state index contributed by atoms with van der Waals surface area (Å²) in [5, 5.41) is 6.60. The standard InChI is InChI=1S/C15H32N2O/c1-11(2)13(18)16-10-14(5,6)9-15(7,8)17-12(3)4/h11-12,17H,9-10H2,1-8H3,(H,16,18). The fourth-order valence-corrected chi connectivity index (χ4v) is 2.62. The molecule has 0 unspecified atom stereocenters. The fourth-order valence-electron chi connectivity index (χ4n) is 2.62. The van der Waals surface area contributed by atoms with Crippen molar-refractivity contribution in [2.75, 3.05) is 6.54 Å². The molecule has 0 heterocycles. The van der Waals surface area contributed by atoms with Crippen LogP contribution in [-0.4, -0.2) is 24.0 Å². The minimum Gasteiger partial charge on any atom is -0.355 e. The van der Waals surface area contributed by atoms with Crippen LogP contribution in [0.5, 0.6) is 0 Å². The van der Waals surface area contributed by atoms with Crippen LogP contribution in [0.15, 0.2) is 0 Å². The lowest BCUT2D eigenvalue weighted by Crippen LogP contribution is -2.48. The van der Waals surface area contributed by atoms with Gasteiger partial charge in [0.2, 0.25) is 5.91 Å². The van der Waals surface area contributed by atoms with Crippen molar-refractivity contribution < 1.29 is 4.79 Å². The van der Waals surface area contributed by atoms with E-state index in [4.69, 9.17) is 0 Å². The molecule has 108 valence electrons. The van der Waals surface area contributed by atoms with Crippen LogP contribution < -0.4 is 10.6 Å². The second kappa shape index (κ2) is 6.55. The molecular weight excluding hydrogens is 224 g/mol. The minimum atomic E-state index is 0.0580. The van der Waals surface area contributed by atoms with E-state index < -0.39 is 0 Å². The zero-order valence-corrected chi connectivity index (χ0v) is 13.5. The maximum absolute atomic E-state index is 11.6. The molecule has 18 heavy (non-hydrogen) atoms. The molecule has 0 saturated carbocycles. The second-order valence-corrected chi connectivity index (χ2v) is 7.40. The van der Waals surface area contributed by atoms with E-state index in [1.54, 1.807) is 0 Å². The SMILES string of the molecule is CC(C)NC(C)(C)CC(C)(C)CNC(=O)C(C)C. The van der Waals surface area contributed by atoms with Gasteiger partial charge < -0.3 is 10.6 Å². The molecule has 0 atom stereocenters. The fraction of sp³-hybridized carbons (Fsp3) is 0.933. The second-order valence-electron chi connectivity index (χ2n) is 7.40. The Morgan fingerprint density at radius 2 is 1.56 bits per heavy atom. The van der Waals surface area contributed by atoms with E-state index in [0.29, 0.717) is 6.04 Å². The van der Waals surface area contributed by atoms with Gasteiger partial charge >= 0.3 is 0 Å². The molecular formula is C15H32N2O. The highest BCUT2D eigenvalue weighted by atomic mass is 16.1. The third-order valence-electron chi connectivity index (χ3n) is 2.87. The Morgan fingerprint density at radius 3 is 1.94 bits per heavy atom. The smallest absolute Gasteiger partial charge is 0.222 e. The van der Waals surface area contributed by atoms with Gasteiger partial charge in [-0.2, -0.15) is 0 Å². The van der Waals surface area contributed by atoms with Gasteiger partial charge in [-0.1, -0.05) is 41.5 Å². The molecule has 0 aliphatic carbocycles. The molecule has 1 amide bonds. The average molecular weight is 256 g/mol. The average Bonchev–Trinajstić information content (AvgIpc) is 2.09. The highest BCUT2D eigenvalue weighted by Gasteiger charge is 2.29. The predicted octanol–water partition coefficient (Wildman–Crippen LogP) is 2.95. The van der Waals surface area contributed by atoms with Crippen LogP contribution in [-0.2, 0) is 4.79 Å². The van der Waals surface area contributed by atoms with Gasteiger partial charge in [0.25, 0.3) is 0 Å². The molecule has 0 radical (unpaired) electrons. The topological polar surface area (TPSA) is 41.1 Å². The molecule has 0 fully saturated rings. The summed E-state index contributed by atoms with van der Waals surface area (Å²) < 4.78 is 0. The van der Waals surface area contributed by atoms with E-state index >= 15 is 0 Å². The normalized spacial score (nSPS) is 13.2. The van der Waals surface area contributed by atoms with Crippen molar-refractivity contribution in [2.24, 2.45) is 11.3 Å².